The number of halogens is 2. The molecule has 31 heavy (non-hydrogen) atoms. The van der Waals surface area contributed by atoms with Gasteiger partial charge in [0.25, 0.3) is 0 Å². The number of anilines is 1. The molecule has 0 atom stereocenters. The number of methoxy groups -OCH3 is 1. The van der Waals surface area contributed by atoms with Crippen LogP contribution in [0.3, 0.4) is 0 Å². The van der Waals surface area contributed by atoms with E-state index in [0.717, 1.165) is 13.1 Å². The molecule has 2 fully saturated rings. The largest absolute Gasteiger partial charge is 0.494 e. The van der Waals surface area contributed by atoms with E-state index in [1.54, 1.807) is 18.2 Å². The van der Waals surface area contributed by atoms with Crippen LogP contribution in [-0.4, -0.2) is 46.2 Å². The number of nitriles is 1. The fourth-order valence-electron chi connectivity index (χ4n) is 3.86. The van der Waals surface area contributed by atoms with E-state index in [2.05, 4.69) is 5.32 Å². The summed E-state index contributed by atoms with van der Waals surface area (Å²) in [5.41, 5.74) is 1.39. The Bertz CT molecular complexity index is 965. The normalized spacial score (nSPS) is 17.7. The minimum Gasteiger partial charge on any atom is -0.494 e. The zero-order chi connectivity index (χ0) is 21.8. The van der Waals surface area contributed by atoms with Crippen LogP contribution in [-0.2, 0) is 16.0 Å². The number of hydrogen-bond acceptors (Lipinski definition) is 6. The van der Waals surface area contributed by atoms with Crippen LogP contribution in [0, 0.1) is 28.4 Å². The number of rotatable bonds is 7. The lowest BCUT2D eigenvalue weighted by atomic mass is 9.83. The standard InChI is InChI=1S/C23H25F2N3O3/c1-29-21-5-2-16(8-20(21)25)11-28(18-4-3-17(10-26)19(24)9-18)7-6-22-30-14-23(15-31-22)12-27-13-23/h2-5,8-9,22,27H,6-7,11-15H2,1H3. The predicted molar refractivity (Wildman–Crippen MR) is 111 cm³/mol. The van der Waals surface area contributed by atoms with Gasteiger partial charge in [0.1, 0.15) is 11.9 Å². The van der Waals surface area contributed by atoms with Crippen molar-refractivity contribution in [1.29, 1.82) is 5.26 Å². The van der Waals surface area contributed by atoms with Gasteiger partial charge >= 0.3 is 0 Å². The van der Waals surface area contributed by atoms with Crippen LogP contribution < -0.4 is 15.0 Å². The molecule has 2 aromatic carbocycles. The summed E-state index contributed by atoms with van der Waals surface area (Å²) in [7, 11) is 1.41. The highest BCUT2D eigenvalue weighted by Gasteiger charge is 2.42. The Balaban J connectivity index is 1.47. The first-order valence-corrected chi connectivity index (χ1v) is 10.2. The monoisotopic (exact) mass is 429 g/mol. The molecule has 6 nitrogen and oxygen atoms in total. The second-order valence-electron chi connectivity index (χ2n) is 8.11. The zero-order valence-corrected chi connectivity index (χ0v) is 17.4. The summed E-state index contributed by atoms with van der Waals surface area (Å²) in [6, 6.07) is 11.1. The molecule has 2 heterocycles. The van der Waals surface area contributed by atoms with Gasteiger partial charge in [-0.25, -0.2) is 8.78 Å². The molecule has 1 N–H and O–H groups in total. The molecule has 8 heteroatoms. The van der Waals surface area contributed by atoms with Gasteiger partial charge in [-0.05, 0) is 35.9 Å². The molecule has 0 aromatic heterocycles. The topological polar surface area (TPSA) is 66.8 Å². The highest BCUT2D eigenvalue weighted by atomic mass is 19.1. The average molecular weight is 429 g/mol. The Kier molecular flexibility index (Phi) is 6.37. The van der Waals surface area contributed by atoms with E-state index in [4.69, 9.17) is 19.5 Å². The van der Waals surface area contributed by atoms with E-state index in [1.165, 1.54) is 25.3 Å². The van der Waals surface area contributed by atoms with Crippen LogP contribution in [0.15, 0.2) is 36.4 Å². The Morgan fingerprint density at radius 3 is 2.52 bits per heavy atom. The van der Waals surface area contributed by atoms with Crippen molar-refractivity contribution in [2.45, 2.75) is 19.3 Å². The first-order chi connectivity index (χ1) is 15.0. The van der Waals surface area contributed by atoms with Crippen molar-refractivity contribution >= 4 is 5.69 Å². The molecule has 1 spiro atoms. The van der Waals surface area contributed by atoms with Gasteiger partial charge in [-0.2, -0.15) is 5.26 Å². The zero-order valence-electron chi connectivity index (χ0n) is 17.4. The molecule has 0 radical (unpaired) electrons. The first kappa shape index (κ1) is 21.5. The molecule has 164 valence electrons. The Morgan fingerprint density at radius 1 is 1.16 bits per heavy atom. The molecule has 2 aromatic rings. The lowest BCUT2D eigenvalue weighted by molar-refractivity contribution is -0.239. The van der Waals surface area contributed by atoms with Gasteiger partial charge in [-0.15, -0.1) is 0 Å². The first-order valence-electron chi connectivity index (χ1n) is 10.2. The van der Waals surface area contributed by atoms with E-state index < -0.39 is 11.6 Å². The summed E-state index contributed by atoms with van der Waals surface area (Å²) in [6.07, 6.45) is 0.230. The van der Waals surface area contributed by atoms with Crippen LogP contribution in [0.2, 0.25) is 0 Å². The van der Waals surface area contributed by atoms with Gasteiger partial charge in [0, 0.05) is 43.7 Å². The molecule has 0 amide bonds. The number of nitrogens with one attached hydrogen (secondary N) is 1. The maximum absolute atomic E-state index is 14.3. The molecule has 0 saturated carbocycles. The van der Waals surface area contributed by atoms with Crippen molar-refractivity contribution in [2.75, 3.05) is 44.9 Å². The van der Waals surface area contributed by atoms with Gasteiger partial charge in [-0.1, -0.05) is 6.07 Å². The van der Waals surface area contributed by atoms with Crippen LogP contribution >= 0.6 is 0 Å². The Hall–Kier alpha value is -2.73. The second kappa shape index (κ2) is 9.18. The van der Waals surface area contributed by atoms with Crippen LogP contribution in [0.4, 0.5) is 14.5 Å². The molecule has 2 aliphatic rings. The van der Waals surface area contributed by atoms with E-state index in [-0.39, 0.29) is 23.0 Å². The van der Waals surface area contributed by atoms with Crippen molar-refractivity contribution in [1.82, 2.24) is 5.32 Å². The van der Waals surface area contributed by atoms with E-state index in [0.29, 0.717) is 44.0 Å². The molecule has 0 aliphatic carbocycles. The van der Waals surface area contributed by atoms with Crippen LogP contribution in [0.25, 0.3) is 0 Å². The molecule has 2 aliphatic heterocycles. The molecular formula is C23H25F2N3O3. The minimum atomic E-state index is -0.587. The predicted octanol–water partition coefficient (Wildman–Crippen LogP) is 3.20. The van der Waals surface area contributed by atoms with Crippen molar-refractivity contribution in [3.05, 3.63) is 59.2 Å². The molecular weight excluding hydrogens is 404 g/mol. The maximum Gasteiger partial charge on any atom is 0.165 e. The third-order valence-corrected chi connectivity index (χ3v) is 5.81. The van der Waals surface area contributed by atoms with Crippen LogP contribution in [0.1, 0.15) is 17.5 Å². The summed E-state index contributed by atoms with van der Waals surface area (Å²) in [6.45, 7) is 3.97. The van der Waals surface area contributed by atoms with Gasteiger partial charge in [0.05, 0.1) is 25.9 Å². The quantitative estimate of drug-likeness (QED) is 0.729. The summed E-state index contributed by atoms with van der Waals surface area (Å²) in [4.78, 5) is 1.92. The fraction of sp³-hybridized carbons (Fsp3) is 0.435. The van der Waals surface area contributed by atoms with E-state index in [1.807, 2.05) is 11.0 Å². The fourth-order valence-corrected chi connectivity index (χ4v) is 3.86. The average Bonchev–Trinajstić information content (AvgIpc) is 2.76. The third-order valence-electron chi connectivity index (χ3n) is 5.81. The molecule has 4 rings (SSSR count). The smallest absolute Gasteiger partial charge is 0.165 e. The number of benzene rings is 2. The van der Waals surface area contributed by atoms with Gasteiger partial charge < -0.3 is 24.4 Å². The van der Waals surface area contributed by atoms with Crippen molar-refractivity contribution in [3.63, 3.8) is 0 Å². The maximum atomic E-state index is 14.3. The Labute approximate surface area is 180 Å². The van der Waals surface area contributed by atoms with Crippen molar-refractivity contribution < 1.29 is 23.0 Å². The Morgan fingerprint density at radius 2 is 1.94 bits per heavy atom. The minimum absolute atomic E-state index is 0.0162. The van der Waals surface area contributed by atoms with Gasteiger partial charge in [-0.3, -0.25) is 0 Å². The van der Waals surface area contributed by atoms with Crippen molar-refractivity contribution in [2.24, 2.45) is 5.41 Å². The molecule has 0 bridgehead atoms. The lowest BCUT2D eigenvalue weighted by Crippen LogP contribution is -2.61. The lowest BCUT2D eigenvalue weighted by Gasteiger charge is -2.46. The summed E-state index contributed by atoms with van der Waals surface area (Å²) in [5.74, 6) is -0.872. The van der Waals surface area contributed by atoms with Gasteiger partial charge in [0.15, 0.2) is 17.9 Å². The van der Waals surface area contributed by atoms with E-state index >= 15 is 0 Å². The van der Waals surface area contributed by atoms with Crippen molar-refractivity contribution in [3.8, 4) is 11.8 Å². The summed E-state index contributed by atoms with van der Waals surface area (Å²) in [5, 5.41) is 12.3. The second-order valence-corrected chi connectivity index (χ2v) is 8.11. The molecule has 2 saturated heterocycles. The SMILES string of the molecule is COc1ccc(CN(CCC2OCC3(CNC3)CO2)c2ccc(C#N)c(F)c2)cc1F. The van der Waals surface area contributed by atoms with Gasteiger partial charge in [0.2, 0.25) is 0 Å². The number of ether oxygens (including phenoxy) is 3. The van der Waals surface area contributed by atoms with E-state index in [9.17, 15) is 8.78 Å². The third kappa shape index (κ3) is 4.79. The number of nitrogens with zero attached hydrogens (tertiary/aromatic N) is 2. The highest BCUT2D eigenvalue weighted by Crippen LogP contribution is 2.30. The molecule has 0 unspecified atom stereocenters. The van der Waals surface area contributed by atoms with Crippen LogP contribution in [0.5, 0.6) is 5.75 Å². The summed E-state index contributed by atoms with van der Waals surface area (Å²) < 4.78 is 45.2. The summed E-state index contributed by atoms with van der Waals surface area (Å²) >= 11 is 0. The highest BCUT2D eigenvalue weighted by molar-refractivity contribution is 5.51. The number of hydrogen-bond donors (Lipinski definition) is 1.